The summed E-state index contributed by atoms with van der Waals surface area (Å²) in [5.74, 6) is 0.872. The van der Waals surface area contributed by atoms with Gasteiger partial charge in [0, 0.05) is 25.2 Å². The zero-order valence-corrected chi connectivity index (χ0v) is 18.5. The minimum atomic E-state index is -0.163. The summed E-state index contributed by atoms with van der Waals surface area (Å²) < 4.78 is 5.61. The van der Waals surface area contributed by atoms with Gasteiger partial charge in [0.1, 0.15) is 5.75 Å². The molecule has 0 saturated carbocycles. The summed E-state index contributed by atoms with van der Waals surface area (Å²) in [5, 5.41) is 6.21. The maximum absolute atomic E-state index is 12.9. The molecular weight excluding hydrogens is 388 g/mol. The Morgan fingerprint density at radius 1 is 0.935 bits per heavy atom. The molecule has 2 aliphatic rings. The van der Waals surface area contributed by atoms with Crippen LogP contribution < -0.4 is 20.3 Å². The van der Waals surface area contributed by atoms with E-state index in [0.717, 1.165) is 48.9 Å². The zero-order chi connectivity index (χ0) is 21.5. The molecule has 2 aromatic rings. The number of rotatable bonds is 7. The zero-order valence-electron chi connectivity index (χ0n) is 18.5. The molecule has 0 radical (unpaired) electrons. The standard InChI is InChI=1S/C25H34N4O2/c1-31-24-14-6-3-11-20(24)23(29-17-9-10-18-29)19-26-25(30)27-21-12-4-5-13-22(21)28-15-7-2-8-16-28/h3-6,11-14,23H,2,7-10,15-19H2,1H3,(H2,26,27,30). The van der Waals surface area contributed by atoms with Crippen LogP contribution in [0.1, 0.15) is 43.7 Å². The van der Waals surface area contributed by atoms with E-state index >= 15 is 0 Å². The van der Waals surface area contributed by atoms with Gasteiger partial charge in [0.05, 0.1) is 24.5 Å². The number of likely N-dealkylation sites (tertiary alicyclic amines) is 1. The molecule has 0 aliphatic carbocycles. The van der Waals surface area contributed by atoms with Gasteiger partial charge in [-0.3, -0.25) is 4.90 Å². The van der Waals surface area contributed by atoms with Crippen LogP contribution in [0.4, 0.5) is 16.2 Å². The first-order chi connectivity index (χ1) is 15.3. The van der Waals surface area contributed by atoms with Crippen LogP contribution >= 0.6 is 0 Å². The van der Waals surface area contributed by atoms with E-state index in [2.05, 4.69) is 32.6 Å². The highest BCUT2D eigenvalue weighted by Gasteiger charge is 2.26. The van der Waals surface area contributed by atoms with Crippen LogP contribution in [-0.4, -0.2) is 50.8 Å². The first kappa shape index (κ1) is 21.5. The monoisotopic (exact) mass is 422 g/mol. The van der Waals surface area contributed by atoms with Crippen molar-refractivity contribution in [3.05, 3.63) is 54.1 Å². The van der Waals surface area contributed by atoms with Crippen molar-refractivity contribution in [2.45, 2.75) is 38.1 Å². The van der Waals surface area contributed by atoms with E-state index in [1.807, 2.05) is 36.4 Å². The van der Waals surface area contributed by atoms with Crippen LogP contribution in [0, 0.1) is 0 Å². The van der Waals surface area contributed by atoms with Gasteiger partial charge in [0.25, 0.3) is 0 Å². The summed E-state index contributed by atoms with van der Waals surface area (Å²) in [6.45, 7) is 4.72. The highest BCUT2D eigenvalue weighted by molar-refractivity contribution is 5.93. The molecule has 4 rings (SSSR count). The van der Waals surface area contributed by atoms with E-state index in [9.17, 15) is 4.79 Å². The van der Waals surface area contributed by atoms with Crippen LogP contribution in [0.15, 0.2) is 48.5 Å². The number of carbonyl (C=O) groups is 1. The number of amides is 2. The first-order valence-corrected chi connectivity index (χ1v) is 11.5. The van der Waals surface area contributed by atoms with Crippen molar-refractivity contribution in [1.29, 1.82) is 0 Å². The third-order valence-electron chi connectivity index (χ3n) is 6.38. The molecule has 2 aromatic carbocycles. The lowest BCUT2D eigenvalue weighted by molar-refractivity contribution is 0.224. The van der Waals surface area contributed by atoms with Gasteiger partial charge in [0.2, 0.25) is 0 Å². The van der Waals surface area contributed by atoms with E-state index in [4.69, 9.17) is 4.74 Å². The average Bonchev–Trinajstić information content (AvgIpc) is 3.35. The van der Waals surface area contributed by atoms with Crippen molar-refractivity contribution in [1.82, 2.24) is 10.2 Å². The number of nitrogens with one attached hydrogen (secondary N) is 2. The number of benzene rings is 2. The Hall–Kier alpha value is -2.73. The van der Waals surface area contributed by atoms with Gasteiger partial charge in [-0.15, -0.1) is 0 Å². The number of urea groups is 1. The van der Waals surface area contributed by atoms with Gasteiger partial charge in [-0.2, -0.15) is 0 Å². The molecule has 0 aromatic heterocycles. The van der Waals surface area contributed by atoms with Gasteiger partial charge in [-0.05, 0) is 63.4 Å². The van der Waals surface area contributed by atoms with E-state index in [1.54, 1.807) is 7.11 Å². The van der Waals surface area contributed by atoms with Crippen molar-refractivity contribution in [2.24, 2.45) is 0 Å². The molecule has 0 bridgehead atoms. The summed E-state index contributed by atoms with van der Waals surface area (Å²) in [4.78, 5) is 17.7. The van der Waals surface area contributed by atoms with Gasteiger partial charge in [-0.25, -0.2) is 4.79 Å². The average molecular weight is 423 g/mol. The smallest absolute Gasteiger partial charge is 0.319 e. The van der Waals surface area contributed by atoms with Crippen molar-refractivity contribution in [3.8, 4) is 5.75 Å². The number of methoxy groups -OCH3 is 1. The molecule has 0 spiro atoms. The predicted molar refractivity (Wildman–Crippen MR) is 126 cm³/mol. The van der Waals surface area contributed by atoms with Crippen molar-refractivity contribution >= 4 is 17.4 Å². The highest BCUT2D eigenvalue weighted by Crippen LogP contribution is 2.32. The minimum absolute atomic E-state index is 0.0988. The number of anilines is 2. The van der Waals surface area contributed by atoms with Crippen molar-refractivity contribution < 1.29 is 9.53 Å². The summed E-state index contributed by atoms with van der Waals surface area (Å²) >= 11 is 0. The number of para-hydroxylation sites is 3. The number of piperidine rings is 1. The summed E-state index contributed by atoms with van der Waals surface area (Å²) in [6, 6.07) is 16.2. The van der Waals surface area contributed by atoms with Gasteiger partial charge in [0.15, 0.2) is 0 Å². The Balaban J connectivity index is 1.44. The number of ether oxygens (including phenoxy) is 1. The molecule has 166 valence electrons. The normalized spacial score (nSPS) is 17.9. The maximum Gasteiger partial charge on any atom is 0.319 e. The third-order valence-corrected chi connectivity index (χ3v) is 6.38. The molecular formula is C25H34N4O2. The van der Waals surface area contributed by atoms with Crippen LogP contribution in [0.25, 0.3) is 0 Å². The Bertz CT molecular complexity index is 860. The van der Waals surface area contributed by atoms with Crippen LogP contribution in [0.2, 0.25) is 0 Å². The molecule has 1 unspecified atom stereocenters. The van der Waals surface area contributed by atoms with Crippen LogP contribution in [-0.2, 0) is 0 Å². The lowest BCUT2D eigenvalue weighted by Gasteiger charge is -2.31. The van der Waals surface area contributed by atoms with Gasteiger partial charge >= 0.3 is 6.03 Å². The molecule has 2 N–H and O–H groups in total. The first-order valence-electron chi connectivity index (χ1n) is 11.5. The van der Waals surface area contributed by atoms with Gasteiger partial charge < -0.3 is 20.3 Å². The summed E-state index contributed by atoms with van der Waals surface area (Å²) in [5.41, 5.74) is 3.11. The lowest BCUT2D eigenvalue weighted by Crippen LogP contribution is -2.39. The second-order valence-electron chi connectivity index (χ2n) is 8.40. The molecule has 2 fully saturated rings. The number of nitrogens with zero attached hydrogens (tertiary/aromatic N) is 2. The number of hydrogen-bond donors (Lipinski definition) is 2. The molecule has 2 aliphatic heterocycles. The summed E-state index contributed by atoms with van der Waals surface area (Å²) in [6.07, 6.45) is 6.09. The largest absolute Gasteiger partial charge is 0.496 e. The van der Waals surface area contributed by atoms with E-state index in [-0.39, 0.29) is 12.1 Å². The van der Waals surface area contributed by atoms with Crippen LogP contribution in [0.3, 0.4) is 0 Å². The van der Waals surface area contributed by atoms with Gasteiger partial charge in [-0.1, -0.05) is 30.3 Å². The number of hydrogen-bond acceptors (Lipinski definition) is 4. The molecule has 1 atom stereocenters. The second-order valence-corrected chi connectivity index (χ2v) is 8.40. The third kappa shape index (κ3) is 5.31. The minimum Gasteiger partial charge on any atom is -0.496 e. The molecule has 31 heavy (non-hydrogen) atoms. The van der Waals surface area contributed by atoms with E-state index < -0.39 is 0 Å². The van der Waals surface area contributed by atoms with Crippen LogP contribution in [0.5, 0.6) is 5.75 Å². The highest BCUT2D eigenvalue weighted by atomic mass is 16.5. The van der Waals surface area contributed by atoms with Crippen molar-refractivity contribution in [2.75, 3.05) is 50.1 Å². The quantitative estimate of drug-likeness (QED) is 0.682. The Morgan fingerprint density at radius 2 is 1.61 bits per heavy atom. The van der Waals surface area contributed by atoms with E-state index in [0.29, 0.717) is 6.54 Å². The fourth-order valence-electron chi connectivity index (χ4n) is 4.78. The Labute approximate surface area is 185 Å². The SMILES string of the molecule is COc1ccccc1C(CNC(=O)Nc1ccccc1N1CCCCC1)N1CCCC1. The summed E-state index contributed by atoms with van der Waals surface area (Å²) in [7, 11) is 1.71. The predicted octanol–water partition coefficient (Wildman–Crippen LogP) is 4.64. The molecule has 6 nitrogen and oxygen atoms in total. The fraction of sp³-hybridized carbons (Fsp3) is 0.480. The Morgan fingerprint density at radius 3 is 2.39 bits per heavy atom. The fourth-order valence-corrected chi connectivity index (χ4v) is 4.78. The maximum atomic E-state index is 12.9. The molecule has 2 amide bonds. The number of carbonyl (C=O) groups excluding carboxylic acids is 1. The topological polar surface area (TPSA) is 56.8 Å². The molecule has 2 saturated heterocycles. The Kier molecular flexibility index (Phi) is 7.30. The van der Waals surface area contributed by atoms with Crippen molar-refractivity contribution in [3.63, 3.8) is 0 Å². The van der Waals surface area contributed by atoms with E-state index in [1.165, 1.54) is 32.1 Å². The second kappa shape index (κ2) is 10.5. The molecule has 6 heteroatoms. The lowest BCUT2D eigenvalue weighted by atomic mass is 10.0. The molecule has 2 heterocycles.